The highest BCUT2D eigenvalue weighted by Crippen LogP contribution is 2.44. The highest BCUT2D eigenvalue weighted by atomic mass is 16.5. The Balaban J connectivity index is 2.72. The van der Waals surface area contributed by atoms with Crippen LogP contribution in [0.4, 0.5) is 0 Å². The van der Waals surface area contributed by atoms with Crippen molar-refractivity contribution in [1.82, 2.24) is 0 Å². The fourth-order valence-electron chi connectivity index (χ4n) is 3.02. The molecule has 1 aromatic heterocycles. The summed E-state index contributed by atoms with van der Waals surface area (Å²) < 4.78 is 26.9. The van der Waals surface area contributed by atoms with Crippen molar-refractivity contribution in [3.8, 4) is 28.4 Å². The van der Waals surface area contributed by atoms with Gasteiger partial charge in [0.1, 0.15) is 17.9 Å². The Hall–Kier alpha value is -2.96. The first-order chi connectivity index (χ1) is 12.9. The molecule has 27 heavy (non-hydrogen) atoms. The van der Waals surface area contributed by atoms with Crippen molar-refractivity contribution in [2.75, 3.05) is 27.9 Å². The summed E-state index contributed by atoms with van der Waals surface area (Å²) >= 11 is 0. The SMILES string of the molecule is CCOC(=O)Cc1oc(C)c(C(C)=O)c1-c1cc(OC)c(OC)c(OC)c1. The number of ether oxygens (including phenoxy) is 4. The number of esters is 1. The third kappa shape index (κ3) is 4.07. The van der Waals surface area contributed by atoms with Gasteiger partial charge in [-0.1, -0.05) is 0 Å². The number of hydrogen-bond donors (Lipinski definition) is 0. The highest BCUT2D eigenvalue weighted by Gasteiger charge is 2.26. The van der Waals surface area contributed by atoms with E-state index < -0.39 is 5.97 Å². The van der Waals surface area contributed by atoms with Crippen molar-refractivity contribution >= 4 is 11.8 Å². The molecule has 1 heterocycles. The monoisotopic (exact) mass is 376 g/mol. The lowest BCUT2D eigenvalue weighted by molar-refractivity contribution is -0.142. The van der Waals surface area contributed by atoms with Crippen LogP contribution >= 0.6 is 0 Å². The largest absolute Gasteiger partial charge is 0.493 e. The maximum absolute atomic E-state index is 12.3. The predicted octanol–water partition coefficient (Wildman–Crippen LogP) is 3.59. The molecule has 0 fully saturated rings. The summed E-state index contributed by atoms with van der Waals surface area (Å²) in [6.07, 6.45) is -0.0893. The number of furan rings is 1. The predicted molar refractivity (Wildman–Crippen MR) is 98.9 cm³/mol. The van der Waals surface area contributed by atoms with Gasteiger partial charge in [0.2, 0.25) is 5.75 Å². The molecule has 2 rings (SSSR count). The zero-order valence-corrected chi connectivity index (χ0v) is 16.4. The minimum Gasteiger partial charge on any atom is -0.493 e. The molecule has 1 aromatic carbocycles. The average Bonchev–Trinajstić information content (AvgIpc) is 2.96. The Morgan fingerprint density at radius 1 is 1.04 bits per heavy atom. The van der Waals surface area contributed by atoms with E-state index in [2.05, 4.69) is 0 Å². The van der Waals surface area contributed by atoms with Gasteiger partial charge in [0, 0.05) is 5.56 Å². The molecule has 7 nitrogen and oxygen atoms in total. The lowest BCUT2D eigenvalue weighted by Gasteiger charge is -2.15. The van der Waals surface area contributed by atoms with Crippen LogP contribution in [0.2, 0.25) is 0 Å². The second-order valence-corrected chi connectivity index (χ2v) is 5.78. The lowest BCUT2D eigenvalue weighted by atomic mass is 9.96. The molecule has 0 amide bonds. The molecule has 0 radical (unpaired) electrons. The average molecular weight is 376 g/mol. The smallest absolute Gasteiger partial charge is 0.313 e. The Bertz CT molecular complexity index is 823. The minimum atomic E-state index is -0.435. The van der Waals surface area contributed by atoms with Crippen molar-refractivity contribution in [1.29, 1.82) is 0 Å². The number of carbonyl (C=O) groups is 2. The van der Waals surface area contributed by atoms with Crippen LogP contribution in [0.3, 0.4) is 0 Å². The van der Waals surface area contributed by atoms with E-state index in [-0.39, 0.29) is 18.8 Å². The zero-order chi connectivity index (χ0) is 20.1. The topological polar surface area (TPSA) is 84.2 Å². The molecular formula is C20H24O7. The van der Waals surface area contributed by atoms with Crippen LogP contribution in [-0.2, 0) is 16.0 Å². The number of aryl methyl sites for hydroxylation is 1. The third-order valence-electron chi connectivity index (χ3n) is 4.07. The van der Waals surface area contributed by atoms with E-state index in [9.17, 15) is 9.59 Å². The molecule has 0 spiro atoms. The molecule has 0 bridgehead atoms. The minimum absolute atomic E-state index is 0.0893. The van der Waals surface area contributed by atoms with Crippen LogP contribution in [-0.4, -0.2) is 39.7 Å². The van der Waals surface area contributed by atoms with Gasteiger partial charge in [-0.2, -0.15) is 0 Å². The Morgan fingerprint density at radius 2 is 1.63 bits per heavy atom. The number of Topliss-reactive ketones (excluding diaryl/α,β-unsaturated/α-hetero) is 1. The molecular weight excluding hydrogens is 352 g/mol. The van der Waals surface area contributed by atoms with Gasteiger partial charge in [-0.3, -0.25) is 9.59 Å². The summed E-state index contributed by atoms with van der Waals surface area (Å²) in [5.74, 6) is 1.48. The second kappa shape index (κ2) is 8.62. The first-order valence-electron chi connectivity index (χ1n) is 8.47. The van der Waals surface area contributed by atoms with Gasteiger partial charge in [0.25, 0.3) is 0 Å². The molecule has 0 atom stereocenters. The molecule has 2 aromatic rings. The fourth-order valence-corrected chi connectivity index (χ4v) is 3.02. The summed E-state index contributed by atoms with van der Waals surface area (Å²) in [4.78, 5) is 24.3. The number of benzene rings is 1. The fraction of sp³-hybridized carbons (Fsp3) is 0.400. The number of methoxy groups -OCH3 is 3. The number of hydrogen-bond acceptors (Lipinski definition) is 7. The van der Waals surface area contributed by atoms with Crippen LogP contribution in [0.1, 0.15) is 35.7 Å². The van der Waals surface area contributed by atoms with Gasteiger partial charge < -0.3 is 23.4 Å². The molecule has 146 valence electrons. The van der Waals surface area contributed by atoms with E-state index >= 15 is 0 Å². The number of carbonyl (C=O) groups excluding carboxylic acids is 2. The normalized spacial score (nSPS) is 10.4. The van der Waals surface area contributed by atoms with E-state index in [1.54, 1.807) is 26.0 Å². The van der Waals surface area contributed by atoms with Gasteiger partial charge >= 0.3 is 5.97 Å². The molecule has 0 N–H and O–H groups in total. The van der Waals surface area contributed by atoms with Crippen molar-refractivity contribution in [3.05, 3.63) is 29.2 Å². The maximum Gasteiger partial charge on any atom is 0.313 e. The molecule has 0 unspecified atom stereocenters. The van der Waals surface area contributed by atoms with Crippen LogP contribution in [0.15, 0.2) is 16.5 Å². The van der Waals surface area contributed by atoms with Crippen molar-refractivity contribution < 1.29 is 33.0 Å². The van der Waals surface area contributed by atoms with Crippen LogP contribution in [0, 0.1) is 6.92 Å². The van der Waals surface area contributed by atoms with Crippen molar-refractivity contribution in [2.24, 2.45) is 0 Å². The molecule has 0 saturated heterocycles. The summed E-state index contributed by atoms with van der Waals surface area (Å²) in [7, 11) is 4.52. The third-order valence-corrected chi connectivity index (χ3v) is 4.07. The quantitative estimate of drug-likeness (QED) is 0.514. The van der Waals surface area contributed by atoms with Gasteiger partial charge in [-0.15, -0.1) is 0 Å². The summed E-state index contributed by atoms with van der Waals surface area (Å²) in [6, 6.07) is 3.43. The van der Waals surface area contributed by atoms with E-state index in [0.717, 1.165) is 0 Å². The summed E-state index contributed by atoms with van der Waals surface area (Å²) in [5, 5.41) is 0. The van der Waals surface area contributed by atoms with Gasteiger partial charge in [0.15, 0.2) is 17.3 Å². The molecule has 0 aliphatic carbocycles. The van der Waals surface area contributed by atoms with Gasteiger partial charge in [0.05, 0.1) is 33.5 Å². The highest BCUT2D eigenvalue weighted by molar-refractivity contribution is 6.03. The Labute approximate surface area is 158 Å². The van der Waals surface area contributed by atoms with Crippen LogP contribution < -0.4 is 14.2 Å². The molecule has 0 aliphatic rings. The molecule has 0 saturated carbocycles. The Kier molecular flexibility index (Phi) is 6.50. The summed E-state index contributed by atoms with van der Waals surface area (Å²) in [5.41, 5.74) is 1.54. The van der Waals surface area contributed by atoms with Crippen LogP contribution in [0.25, 0.3) is 11.1 Å². The maximum atomic E-state index is 12.3. The molecule has 0 aliphatic heterocycles. The second-order valence-electron chi connectivity index (χ2n) is 5.78. The van der Waals surface area contributed by atoms with E-state index in [4.69, 9.17) is 23.4 Å². The van der Waals surface area contributed by atoms with Crippen molar-refractivity contribution in [3.63, 3.8) is 0 Å². The van der Waals surface area contributed by atoms with Crippen molar-refractivity contribution in [2.45, 2.75) is 27.2 Å². The zero-order valence-electron chi connectivity index (χ0n) is 16.4. The van der Waals surface area contributed by atoms with Gasteiger partial charge in [-0.25, -0.2) is 0 Å². The standard InChI is InChI=1S/C20H24O7/c1-7-26-17(22)10-14-19(18(11(2)21)12(3)27-14)13-8-15(23-4)20(25-6)16(9-13)24-5/h8-9H,7,10H2,1-6H3. The van der Waals surface area contributed by atoms with Gasteiger partial charge in [-0.05, 0) is 38.5 Å². The van der Waals surface area contributed by atoms with E-state index in [0.29, 0.717) is 45.5 Å². The first-order valence-corrected chi connectivity index (χ1v) is 8.47. The van der Waals surface area contributed by atoms with E-state index in [1.807, 2.05) is 0 Å². The molecule has 7 heteroatoms. The lowest BCUT2D eigenvalue weighted by Crippen LogP contribution is -2.08. The number of ketones is 1. The Morgan fingerprint density at radius 3 is 2.07 bits per heavy atom. The first kappa shape index (κ1) is 20.4. The summed E-state index contributed by atoms with van der Waals surface area (Å²) in [6.45, 7) is 5.13. The van der Waals surface area contributed by atoms with E-state index in [1.165, 1.54) is 28.3 Å². The van der Waals surface area contributed by atoms with Crippen LogP contribution in [0.5, 0.6) is 17.2 Å². The number of rotatable bonds is 8.